The summed E-state index contributed by atoms with van der Waals surface area (Å²) in [5, 5.41) is 4.73. The molecule has 0 saturated carbocycles. The Morgan fingerprint density at radius 3 is 2.50 bits per heavy atom. The van der Waals surface area contributed by atoms with Crippen LogP contribution in [0.5, 0.6) is 5.75 Å². The predicted molar refractivity (Wildman–Crippen MR) is 96.4 cm³/mol. The Hall–Kier alpha value is -2.51. The Morgan fingerprint density at radius 2 is 1.92 bits per heavy atom. The van der Waals surface area contributed by atoms with Crippen molar-refractivity contribution in [2.45, 2.75) is 6.92 Å². The third kappa shape index (κ3) is 4.00. The molecule has 26 heavy (non-hydrogen) atoms. The lowest BCUT2D eigenvalue weighted by molar-refractivity contribution is -0.133. The lowest BCUT2D eigenvalue weighted by Crippen LogP contribution is -2.13. The van der Waals surface area contributed by atoms with Crippen molar-refractivity contribution in [3.63, 3.8) is 0 Å². The number of ether oxygens (including phenoxy) is 3. The molecule has 0 saturated heterocycles. The number of rotatable bonds is 5. The first-order chi connectivity index (χ1) is 12.3. The van der Waals surface area contributed by atoms with Gasteiger partial charge in [-0.3, -0.25) is 4.68 Å². The molecule has 1 aromatic heterocycles. The molecule has 0 radical (unpaired) electrons. The molecule has 138 valence electrons. The van der Waals surface area contributed by atoms with Gasteiger partial charge in [-0.15, -0.1) is 0 Å². The minimum atomic E-state index is -0.717. The van der Waals surface area contributed by atoms with Gasteiger partial charge >= 0.3 is 11.9 Å². The molecule has 0 spiro atoms. The topological polar surface area (TPSA) is 79.7 Å². The lowest BCUT2D eigenvalue weighted by Gasteiger charge is -2.10. The van der Waals surface area contributed by atoms with Gasteiger partial charge in [0.25, 0.3) is 0 Å². The highest BCUT2D eigenvalue weighted by molar-refractivity contribution is 6.36. The first-order valence-corrected chi connectivity index (χ1v) is 8.08. The Morgan fingerprint density at radius 1 is 1.23 bits per heavy atom. The summed E-state index contributed by atoms with van der Waals surface area (Å²) in [6, 6.07) is 4.40. The number of carbonyl (C=O) groups excluding carboxylic acids is 2. The van der Waals surface area contributed by atoms with Crippen LogP contribution >= 0.6 is 23.2 Å². The zero-order chi connectivity index (χ0) is 19.4. The molecule has 0 amide bonds. The highest BCUT2D eigenvalue weighted by Crippen LogP contribution is 2.31. The molecule has 0 bridgehead atoms. The fourth-order valence-electron chi connectivity index (χ4n) is 2.29. The van der Waals surface area contributed by atoms with Crippen molar-refractivity contribution in [2.75, 3.05) is 14.2 Å². The van der Waals surface area contributed by atoms with Crippen LogP contribution in [0.4, 0.5) is 0 Å². The molecule has 0 aliphatic heterocycles. The van der Waals surface area contributed by atoms with Gasteiger partial charge in [-0.1, -0.05) is 23.2 Å². The predicted octanol–water partition coefficient (Wildman–Crippen LogP) is 3.41. The van der Waals surface area contributed by atoms with E-state index in [4.69, 9.17) is 37.4 Å². The summed E-state index contributed by atoms with van der Waals surface area (Å²) in [7, 11) is 4.21. The molecule has 0 fully saturated rings. The normalized spacial score (nSPS) is 11.2. The monoisotopic (exact) mass is 398 g/mol. The number of esters is 2. The Labute approximate surface area is 160 Å². The van der Waals surface area contributed by atoms with E-state index in [1.165, 1.54) is 43.4 Å². The molecule has 2 rings (SSSR count). The van der Waals surface area contributed by atoms with Crippen molar-refractivity contribution >= 4 is 40.7 Å². The lowest BCUT2D eigenvalue weighted by atomic mass is 10.1. The van der Waals surface area contributed by atoms with Crippen molar-refractivity contribution in [2.24, 2.45) is 7.05 Å². The molecular formula is C17H16Cl2N2O5. The summed E-state index contributed by atoms with van der Waals surface area (Å²) in [6.45, 7) is 1.64. The van der Waals surface area contributed by atoms with E-state index in [2.05, 4.69) is 5.10 Å². The van der Waals surface area contributed by atoms with Gasteiger partial charge in [0.2, 0.25) is 0 Å². The van der Waals surface area contributed by atoms with Crippen molar-refractivity contribution < 1.29 is 23.8 Å². The van der Waals surface area contributed by atoms with Crippen molar-refractivity contribution in [1.82, 2.24) is 9.78 Å². The quantitative estimate of drug-likeness (QED) is 0.436. The third-order valence-corrected chi connectivity index (χ3v) is 3.96. The minimum absolute atomic E-state index is 0.0445. The van der Waals surface area contributed by atoms with Crippen LogP contribution in [-0.2, 0) is 21.3 Å². The SMILES string of the molecule is CO/C=C(\C(=O)OC)c1c(OC(=O)c2ccc(Cl)cc2Cl)c(C)nn1C. The van der Waals surface area contributed by atoms with Gasteiger partial charge in [-0.2, -0.15) is 5.10 Å². The Balaban J connectivity index is 2.49. The first-order valence-electron chi connectivity index (χ1n) is 7.32. The number of aryl methyl sites for hydroxylation is 2. The van der Waals surface area contributed by atoms with Gasteiger partial charge in [0, 0.05) is 12.1 Å². The number of hydrogen-bond donors (Lipinski definition) is 0. The molecule has 0 aliphatic rings. The number of benzene rings is 1. The van der Waals surface area contributed by atoms with Gasteiger partial charge in [-0.05, 0) is 25.1 Å². The van der Waals surface area contributed by atoms with E-state index in [0.717, 1.165) is 0 Å². The molecule has 0 unspecified atom stereocenters. The van der Waals surface area contributed by atoms with Gasteiger partial charge in [0.1, 0.15) is 17.0 Å². The fourth-order valence-corrected chi connectivity index (χ4v) is 2.77. The van der Waals surface area contributed by atoms with Crippen molar-refractivity contribution in [3.05, 3.63) is 51.5 Å². The average molecular weight is 399 g/mol. The van der Waals surface area contributed by atoms with E-state index < -0.39 is 11.9 Å². The van der Waals surface area contributed by atoms with Gasteiger partial charge in [-0.25, -0.2) is 9.59 Å². The maximum atomic E-state index is 12.5. The summed E-state index contributed by atoms with van der Waals surface area (Å²) in [4.78, 5) is 24.6. The van der Waals surface area contributed by atoms with E-state index in [0.29, 0.717) is 10.7 Å². The highest BCUT2D eigenvalue weighted by atomic mass is 35.5. The number of aromatic nitrogens is 2. The maximum absolute atomic E-state index is 12.5. The van der Waals surface area contributed by atoms with Crippen LogP contribution < -0.4 is 4.74 Å². The smallest absolute Gasteiger partial charge is 0.345 e. The van der Waals surface area contributed by atoms with Gasteiger partial charge in [0.05, 0.1) is 31.1 Å². The second kappa shape index (κ2) is 8.25. The molecule has 9 heteroatoms. The van der Waals surface area contributed by atoms with E-state index in [9.17, 15) is 9.59 Å². The highest BCUT2D eigenvalue weighted by Gasteiger charge is 2.27. The van der Waals surface area contributed by atoms with Crippen molar-refractivity contribution in [3.8, 4) is 5.75 Å². The molecule has 7 nitrogen and oxygen atoms in total. The zero-order valence-corrected chi connectivity index (χ0v) is 16.0. The molecule has 0 atom stereocenters. The molecule has 1 heterocycles. The van der Waals surface area contributed by atoms with Gasteiger partial charge < -0.3 is 14.2 Å². The van der Waals surface area contributed by atoms with E-state index in [-0.39, 0.29) is 27.6 Å². The first kappa shape index (κ1) is 19.8. The van der Waals surface area contributed by atoms with Crippen LogP contribution in [0.25, 0.3) is 5.57 Å². The minimum Gasteiger partial charge on any atom is -0.503 e. The second-order valence-electron chi connectivity index (χ2n) is 5.16. The molecular weight excluding hydrogens is 383 g/mol. The number of nitrogens with zero attached hydrogens (tertiary/aromatic N) is 2. The van der Waals surface area contributed by atoms with Gasteiger partial charge in [0.15, 0.2) is 5.75 Å². The van der Waals surface area contributed by atoms with Crippen LogP contribution in [-0.4, -0.2) is 35.9 Å². The number of hydrogen-bond acceptors (Lipinski definition) is 6. The summed E-state index contributed by atoms with van der Waals surface area (Å²) in [6.07, 6.45) is 1.19. The van der Waals surface area contributed by atoms with E-state index in [1.807, 2.05) is 0 Å². The molecule has 2 aromatic rings. The van der Waals surface area contributed by atoms with E-state index >= 15 is 0 Å². The Kier molecular flexibility index (Phi) is 6.28. The van der Waals surface area contributed by atoms with Crippen LogP contribution in [0.3, 0.4) is 0 Å². The number of methoxy groups -OCH3 is 2. The Bertz CT molecular complexity index is 890. The molecule has 0 aliphatic carbocycles. The number of carbonyl (C=O) groups is 2. The second-order valence-corrected chi connectivity index (χ2v) is 6.00. The van der Waals surface area contributed by atoms with Crippen molar-refractivity contribution in [1.29, 1.82) is 0 Å². The summed E-state index contributed by atoms with van der Waals surface area (Å²) in [5.74, 6) is -1.29. The summed E-state index contributed by atoms with van der Waals surface area (Å²) < 4.78 is 16.6. The van der Waals surface area contributed by atoms with Crippen LogP contribution in [0, 0.1) is 6.92 Å². The third-order valence-electron chi connectivity index (χ3n) is 3.41. The average Bonchev–Trinajstić information content (AvgIpc) is 2.85. The number of halogens is 2. The standard InChI is InChI=1S/C17H16Cl2N2O5/c1-9-15(26-17(23)11-6-5-10(18)7-13(11)19)14(21(2)20-9)12(8-24-3)16(22)25-4/h5-8H,1-4H3/b12-8-. The molecule has 0 N–H and O–H groups in total. The summed E-state index contributed by atoms with van der Waals surface area (Å²) in [5.41, 5.74) is 0.796. The zero-order valence-electron chi connectivity index (χ0n) is 14.5. The van der Waals surface area contributed by atoms with E-state index in [1.54, 1.807) is 14.0 Å². The maximum Gasteiger partial charge on any atom is 0.345 e. The molecule has 1 aromatic carbocycles. The largest absolute Gasteiger partial charge is 0.503 e. The fraction of sp³-hybridized carbons (Fsp3) is 0.235. The van der Waals surface area contributed by atoms with Crippen LogP contribution in [0.15, 0.2) is 24.5 Å². The van der Waals surface area contributed by atoms with Crippen LogP contribution in [0.2, 0.25) is 10.0 Å². The summed E-state index contributed by atoms with van der Waals surface area (Å²) >= 11 is 11.9. The van der Waals surface area contributed by atoms with Crippen LogP contribution in [0.1, 0.15) is 21.7 Å².